The van der Waals surface area contributed by atoms with Crippen LogP contribution < -0.4 is 0 Å². The molecule has 0 bridgehead atoms. The van der Waals surface area contributed by atoms with Crippen LogP contribution in [0.1, 0.15) is 35.2 Å². The maximum Gasteiger partial charge on any atom is 0.336 e. The van der Waals surface area contributed by atoms with E-state index in [1.165, 1.54) is 0 Å². The zero-order valence-corrected chi connectivity index (χ0v) is 13.1. The quantitative estimate of drug-likeness (QED) is 0.806. The van der Waals surface area contributed by atoms with E-state index in [1.54, 1.807) is 19.2 Å². The summed E-state index contributed by atoms with van der Waals surface area (Å²) in [4.78, 5) is 13.6. The number of nitrogens with zero attached hydrogens (tertiary/aromatic N) is 1. The third kappa shape index (κ3) is 4.06. The van der Waals surface area contributed by atoms with Gasteiger partial charge < -0.3 is 14.9 Å². The normalized spacial score (nSPS) is 22.6. The Hall–Kier alpha value is -1.43. The molecule has 1 unspecified atom stereocenters. The molecular weight excluding hydrogens is 282 g/mol. The Morgan fingerprint density at radius 1 is 1.41 bits per heavy atom. The average molecular weight is 307 g/mol. The van der Waals surface area contributed by atoms with Gasteiger partial charge in [-0.2, -0.15) is 0 Å². The van der Waals surface area contributed by atoms with Crippen LogP contribution >= 0.6 is 0 Å². The topological polar surface area (TPSA) is 70.0 Å². The number of likely N-dealkylation sites (tertiary alicyclic amines) is 1. The summed E-state index contributed by atoms with van der Waals surface area (Å²) in [5.74, 6) is -0.889. The molecule has 1 saturated heterocycles. The van der Waals surface area contributed by atoms with Crippen LogP contribution in [-0.4, -0.2) is 54.5 Å². The van der Waals surface area contributed by atoms with E-state index < -0.39 is 5.97 Å². The number of piperidine rings is 1. The lowest BCUT2D eigenvalue weighted by Gasteiger charge is -2.42. The van der Waals surface area contributed by atoms with E-state index >= 15 is 0 Å². The van der Waals surface area contributed by atoms with Crippen LogP contribution in [-0.2, 0) is 11.3 Å². The van der Waals surface area contributed by atoms with Gasteiger partial charge in [0.1, 0.15) is 0 Å². The highest BCUT2D eigenvalue weighted by Crippen LogP contribution is 2.33. The van der Waals surface area contributed by atoms with Crippen LogP contribution in [0.5, 0.6) is 0 Å². The van der Waals surface area contributed by atoms with Crippen molar-refractivity contribution in [1.82, 2.24) is 4.90 Å². The number of hydrogen-bond donors (Lipinski definition) is 2. The highest BCUT2D eigenvalue weighted by Gasteiger charge is 2.34. The van der Waals surface area contributed by atoms with Gasteiger partial charge in [-0.3, -0.25) is 4.90 Å². The van der Waals surface area contributed by atoms with Crippen molar-refractivity contribution in [3.05, 3.63) is 35.4 Å². The molecule has 2 N–H and O–H groups in total. The summed E-state index contributed by atoms with van der Waals surface area (Å²) in [7, 11) is 1.68. The monoisotopic (exact) mass is 307 g/mol. The first-order valence-corrected chi connectivity index (χ1v) is 7.73. The molecule has 1 aliphatic rings. The fourth-order valence-electron chi connectivity index (χ4n) is 3.28. The average Bonchev–Trinajstić information content (AvgIpc) is 2.53. The number of aromatic carboxylic acids is 1. The van der Waals surface area contributed by atoms with Crippen molar-refractivity contribution in [3.8, 4) is 0 Å². The molecule has 122 valence electrons. The number of rotatable bonds is 7. The predicted octanol–water partition coefficient (Wildman–Crippen LogP) is 2.00. The maximum absolute atomic E-state index is 11.3. The first-order chi connectivity index (χ1) is 10.6. The molecule has 0 spiro atoms. The minimum Gasteiger partial charge on any atom is -0.478 e. The van der Waals surface area contributed by atoms with Crippen molar-refractivity contribution in [2.45, 2.75) is 25.8 Å². The van der Waals surface area contributed by atoms with E-state index in [0.29, 0.717) is 18.7 Å². The SMILES string of the molecule is COCCC1(CO)CCCN(Cc2ccccc2C(=O)O)C1. The van der Waals surface area contributed by atoms with Crippen LogP contribution in [0.4, 0.5) is 0 Å². The highest BCUT2D eigenvalue weighted by molar-refractivity contribution is 5.89. The zero-order valence-electron chi connectivity index (χ0n) is 13.1. The first kappa shape index (κ1) is 16.9. The molecule has 1 aromatic carbocycles. The number of carbonyl (C=O) groups is 1. The van der Waals surface area contributed by atoms with Gasteiger partial charge in [-0.05, 0) is 37.4 Å². The second kappa shape index (κ2) is 7.72. The minimum absolute atomic E-state index is 0.133. The van der Waals surface area contributed by atoms with Crippen molar-refractivity contribution >= 4 is 5.97 Å². The van der Waals surface area contributed by atoms with Crippen LogP contribution in [0.2, 0.25) is 0 Å². The van der Waals surface area contributed by atoms with E-state index in [2.05, 4.69) is 4.90 Å². The van der Waals surface area contributed by atoms with Crippen molar-refractivity contribution in [1.29, 1.82) is 0 Å². The summed E-state index contributed by atoms with van der Waals surface area (Å²) in [6, 6.07) is 7.13. The summed E-state index contributed by atoms with van der Waals surface area (Å²) in [6.45, 7) is 3.11. The van der Waals surface area contributed by atoms with Crippen molar-refractivity contribution < 1.29 is 19.7 Å². The second-order valence-corrected chi connectivity index (χ2v) is 6.18. The Balaban J connectivity index is 2.08. The van der Waals surface area contributed by atoms with Gasteiger partial charge in [0.15, 0.2) is 0 Å². The highest BCUT2D eigenvalue weighted by atomic mass is 16.5. The van der Waals surface area contributed by atoms with Gasteiger partial charge in [0.2, 0.25) is 0 Å². The second-order valence-electron chi connectivity index (χ2n) is 6.18. The van der Waals surface area contributed by atoms with E-state index in [1.807, 2.05) is 12.1 Å². The molecule has 1 fully saturated rings. The van der Waals surface area contributed by atoms with E-state index in [9.17, 15) is 15.0 Å². The molecule has 0 aliphatic carbocycles. The summed E-state index contributed by atoms with van der Waals surface area (Å²) in [6.07, 6.45) is 2.83. The van der Waals surface area contributed by atoms with Crippen LogP contribution in [0.25, 0.3) is 0 Å². The molecule has 1 aliphatic heterocycles. The molecule has 1 aromatic rings. The lowest BCUT2D eigenvalue weighted by atomic mass is 9.78. The molecule has 0 aromatic heterocycles. The molecule has 1 atom stereocenters. The fourth-order valence-corrected chi connectivity index (χ4v) is 3.28. The molecule has 0 amide bonds. The van der Waals surface area contributed by atoms with Gasteiger partial charge in [-0.1, -0.05) is 18.2 Å². The zero-order chi connectivity index (χ0) is 16.0. The molecule has 0 radical (unpaired) electrons. The number of aliphatic hydroxyl groups is 1. The molecular formula is C17H25NO4. The molecule has 5 heteroatoms. The third-order valence-electron chi connectivity index (χ3n) is 4.55. The first-order valence-electron chi connectivity index (χ1n) is 7.73. The van der Waals surface area contributed by atoms with E-state index in [-0.39, 0.29) is 12.0 Å². The Kier molecular flexibility index (Phi) is 5.94. The number of methoxy groups -OCH3 is 1. The fraction of sp³-hybridized carbons (Fsp3) is 0.588. The van der Waals surface area contributed by atoms with Gasteiger partial charge in [-0.25, -0.2) is 4.79 Å². The van der Waals surface area contributed by atoms with Crippen LogP contribution in [0.15, 0.2) is 24.3 Å². The number of ether oxygens (including phenoxy) is 1. The standard InChI is InChI=1S/C17H25NO4/c1-22-10-8-17(13-19)7-4-9-18(12-17)11-14-5-2-3-6-15(14)16(20)21/h2-3,5-6,19H,4,7-13H2,1H3,(H,20,21). The van der Waals surface area contributed by atoms with Gasteiger partial charge in [0, 0.05) is 32.2 Å². The maximum atomic E-state index is 11.3. The third-order valence-corrected chi connectivity index (χ3v) is 4.55. The van der Waals surface area contributed by atoms with E-state index in [0.717, 1.165) is 37.9 Å². The Bertz CT molecular complexity index is 505. The lowest BCUT2D eigenvalue weighted by Crippen LogP contribution is -2.45. The van der Waals surface area contributed by atoms with Crippen molar-refractivity contribution in [2.24, 2.45) is 5.41 Å². The summed E-state index contributed by atoms with van der Waals surface area (Å²) >= 11 is 0. The Morgan fingerprint density at radius 2 is 2.18 bits per heavy atom. The molecule has 0 saturated carbocycles. The van der Waals surface area contributed by atoms with Gasteiger partial charge in [0.25, 0.3) is 0 Å². The number of aliphatic hydroxyl groups excluding tert-OH is 1. The molecule has 1 heterocycles. The Morgan fingerprint density at radius 3 is 2.86 bits per heavy atom. The summed E-state index contributed by atoms with van der Waals surface area (Å²) in [5, 5.41) is 19.1. The minimum atomic E-state index is -0.889. The number of carboxylic acid groups (broad SMARTS) is 1. The van der Waals surface area contributed by atoms with Gasteiger partial charge >= 0.3 is 5.97 Å². The number of benzene rings is 1. The van der Waals surface area contributed by atoms with Gasteiger partial charge in [0.05, 0.1) is 12.2 Å². The predicted molar refractivity (Wildman–Crippen MR) is 83.9 cm³/mol. The van der Waals surface area contributed by atoms with Crippen LogP contribution in [0, 0.1) is 5.41 Å². The lowest BCUT2D eigenvalue weighted by molar-refractivity contribution is 0.00464. The largest absolute Gasteiger partial charge is 0.478 e. The van der Waals surface area contributed by atoms with Crippen molar-refractivity contribution in [2.75, 3.05) is 33.4 Å². The summed E-state index contributed by atoms with van der Waals surface area (Å²) in [5.41, 5.74) is 1.06. The van der Waals surface area contributed by atoms with E-state index in [4.69, 9.17) is 4.74 Å². The molecule has 5 nitrogen and oxygen atoms in total. The smallest absolute Gasteiger partial charge is 0.336 e. The Labute approximate surface area is 131 Å². The van der Waals surface area contributed by atoms with Crippen molar-refractivity contribution in [3.63, 3.8) is 0 Å². The number of hydrogen-bond acceptors (Lipinski definition) is 4. The van der Waals surface area contributed by atoms with Crippen LogP contribution in [0.3, 0.4) is 0 Å². The molecule has 2 rings (SSSR count). The molecule has 22 heavy (non-hydrogen) atoms. The number of carboxylic acids is 1. The summed E-state index contributed by atoms with van der Waals surface area (Å²) < 4.78 is 5.17. The van der Waals surface area contributed by atoms with Gasteiger partial charge in [-0.15, -0.1) is 0 Å².